The normalized spacial score (nSPS) is 9.94. The van der Waals surface area contributed by atoms with Crippen LogP contribution >= 0.6 is 0 Å². The minimum atomic E-state index is -0.853. The van der Waals surface area contributed by atoms with Gasteiger partial charge in [-0.05, 0) is 31.5 Å². The van der Waals surface area contributed by atoms with E-state index in [4.69, 9.17) is 15.6 Å². The number of carboxylic acid groups (broad SMARTS) is 1. The molecule has 5 nitrogen and oxygen atoms in total. The predicted octanol–water partition coefficient (Wildman–Crippen LogP) is 1.71. The third kappa shape index (κ3) is 4.14. The molecule has 0 radical (unpaired) electrons. The zero-order valence-corrected chi connectivity index (χ0v) is 9.60. The number of hydrogen-bond donors (Lipinski definition) is 2. The summed E-state index contributed by atoms with van der Waals surface area (Å²) in [6, 6.07) is 4.80. The fourth-order valence-corrected chi connectivity index (χ4v) is 1.30. The number of rotatable bonds is 6. The Bertz CT molecular complexity index is 429. The van der Waals surface area contributed by atoms with Crippen LogP contribution in [0.15, 0.2) is 18.2 Å². The number of anilines is 1. The second kappa shape index (κ2) is 5.89. The van der Waals surface area contributed by atoms with Crippen LogP contribution in [0.3, 0.4) is 0 Å². The number of aliphatic carboxylic acids is 1. The molecule has 0 saturated heterocycles. The Morgan fingerprint density at radius 1 is 1.41 bits per heavy atom. The molecule has 0 atom stereocenters. The Labute approximate surface area is 99.2 Å². The van der Waals surface area contributed by atoms with Gasteiger partial charge in [-0.2, -0.15) is 0 Å². The number of carbonyl (C=O) groups is 2. The van der Waals surface area contributed by atoms with Gasteiger partial charge in [-0.1, -0.05) is 0 Å². The van der Waals surface area contributed by atoms with E-state index in [2.05, 4.69) is 0 Å². The minimum Gasteiger partial charge on any atom is -0.491 e. The standard InChI is InChI=1S/C12H15NO4/c1-8(14)9-4-5-11(10(13)7-9)17-6-2-3-12(15)16/h4-5,7H,2-3,6,13H2,1H3,(H,15,16). The molecule has 0 spiro atoms. The fourth-order valence-electron chi connectivity index (χ4n) is 1.30. The van der Waals surface area contributed by atoms with Crippen LogP contribution < -0.4 is 10.5 Å². The predicted molar refractivity (Wildman–Crippen MR) is 63.2 cm³/mol. The molecule has 17 heavy (non-hydrogen) atoms. The number of carbonyl (C=O) groups excluding carboxylic acids is 1. The lowest BCUT2D eigenvalue weighted by Crippen LogP contribution is -2.04. The van der Waals surface area contributed by atoms with Crippen molar-refractivity contribution in [2.45, 2.75) is 19.8 Å². The molecule has 1 aromatic rings. The summed E-state index contributed by atoms with van der Waals surface area (Å²) in [5, 5.41) is 8.44. The highest BCUT2D eigenvalue weighted by Gasteiger charge is 2.05. The molecular weight excluding hydrogens is 222 g/mol. The van der Waals surface area contributed by atoms with Gasteiger partial charge in [0, 0.05) is 12.0 Å². The van der Waals surface area contributed by atoms with E-state index < -0.39 is 5.97 Å². The second-order valence-corrected chi connectivity index (χ2v) is 3.65. The van der Waals surface area contributed by atoms with Crippen molar-refractivity contribution < 1.29 is 19.4 Å². The summed E-state index contributed by atoms with van der Waals surface area (Å²) in [5.41, 5.74) is 6.62. The summed E-state index contributed by atoms with van der Waals surface area (Å²) in [7, 11) is 0. The Morgan fingerprint density at radius 3 is 2.65 bits per heavy atom. The maximum Gasteiger partial charge on any atom is 0.303 e. The zero-order valence-electron chi connectivity index (χ0n) is 9.60. The Morgan fingerprint density at radius 2 is 2.12 bits per heavy atom. The first-order valence-electron chi connectivity index (χ1n) is 5.25. The van der Waals surface area contributed by atoms with Gasteiger partial charge in [0.25, 0.3) is 0 Å². The average molecular weight is 237 g/mol. The maximum absolute atomic E-state index is 11.1. The van der Waals surface area contributed by atoms with Crippen molar-refractivity contribution in [3.8, 4) is 5.75 Å². The molecule has 92 valence electrons. The number of Topliss-reactive ketones (excluding diaryl/α,β-unsaturated/α-hetero) is 1. The quantitative estimate of drug-likeness (QED) is 0.446. The first-order valence-corrected chi connectivity index (χ1v) is 5.25. The smallest absolute Gasteiger partial charge is 0.303 e. The van der Waals surface area contributed by atoms with Crippen LogP contribution in [-0.2, 0) is 4.79 Å². The highest BCUT2D eigenvalue weighted by Crippen LogP contribution is 2.22. The molecule has 0 heterocycles. The summed E-state index contributed by atoms with van der Waals surface area (Å²) < 4.78 is 5.32. The summed E-state index contributed by atoms with van der Waals surface area (Å²) in [4.78, 5) is 21.4. The average Bonchev–Trinajstić information content (AvgIpc) is 2.25. The Hall–Kier alpha value is -2.04. The summed E-state index contributed by atoms with van der Waals surface area (Å²) in [6.45, 7) is 1.75. The summed E-state index contributed by atoms with van der Waals surface area (Å²) in [5.74, 6) is -0.442. The molecule has 0 fully saturated rings. The molecule has 0 amide bonds. The van der Waals surface area contributed by atoms with Gasteiger partial charge in [0.1, 0.15) is 5.75 Å². The van der Waals surface area contributed by atoms with Crippen molar-refractivity contribution >= 4 is 17.4 Å². The van der Waals surface area contributed by atoms with Crippen molar-refractivity contribution in [3.05, 3.63) is 23.8 Å². The highest BCUT2D eigenvalue weighted by atomic mass is 16.5. The van der Waals surface area contributed by atoms with E-state index in [-0.39, 0.29) is 18.8 Å². The third-order valence-corrected chi connectivity index (χ3v) is 2.21. The van der Waals surface area contributed by atoms with Gasteiger partial charge >= 0.3 is 5.97 Å². The molecular formula is C12H15NO4. The van der Waals surface area contributed by atoms with Gasteiger partial charge in [-0.25, -0.2) is 0 Å². The minimum absolute atomic E-state index is 0.0609. The van der Waals surface area contributed by atoms with Crippen molar-refractivity contribution in [1.29, 1.82) is 0 Å². The first kappa shape index (κ1) is 13.0. The van der Waals surface area contributed by atoms with Crippen LogP contribution in [-0.4, -0.2) is 23.5 Å². The van der Waals surface area contributed by atoms with E-state index in [1.165, 1.54) is 6.92 Å². The largest absolute Gasteiger partial charge is 0.491 e. The summed E-state index contributed by atoms with van der Waals surface area (Å²) in [6.07, 6.45) is 0.481. The molecule has 0 aliphatic heterocycles. The molecule has 0 aromatic heterocycles. The SMILES string of the molecule is CC(=O)c1ccc(OCCCC(=O)O)c(N)c1. The number of hydrogen-bond acceptors (Lipinski definition) is 4. The van der Waals surface area contributed by atoms with Crippen molar-refractivity contribution in [3.63, 3.8) is 0 Å². The molecule has 0 aliphatic rings. The van der Waals surface area contributed by atoms with Crippen molar-refractivity contribution in [1.82, 2.24) is 0 Å². The molecule has 0 unspecified atom stereocenters. The molecule has 0 aliphatic carbocycles. The van der Waals surface area contributed by atoms with Crippen LogP contribution in [0.25, 0.3) is 0 Å². The fraction of sp³-hybridized carbons (Fsp3) is 0.333. The van der Waals surface area contributed by atoms with E-state index in [0.717, 1.165) is 0 Å². The lowest BCUT2D eigenvalue weighted by molar-refractivity contribution is -0.137. The Kier molecular flexibility index (Phi) is 4.51. The van der Waals surface area contributed by atoms with Gasteiger partial charge in [-0.3, -0.25) is 9.59 Å². The number of ketones is 1. The lowest BCUT2D eigenvalue weighted by Gasteiger charge is -2.08. The number of ether oxygens (including phenoxy) is 1. The van der Waals surface area contributed by atoms with E-state index in [9.17, 15) is 9.59 Å². The maximum atomic E-state index is 11.1. The molecule has 1 rings (SSSR count). The van der Waals surface area contributed by atoms with E-state index in [1.807, 2.05) is 0 Å². The number of nitrogens with two attached hydrogens (primary N) is 1. The van der Waals surface area contributed by atoms with Crippen LogP contribution in [0.4, 0.5) is 5.69 Å². The molecule has 0 bridgehead atoms. The molecule has 0 saturated carbocycles. The molecule has 5 heteroatoms. The number of nitrogen functional groups attached to an aromatic ring is 1. The second-order valence-electron chi connectivity index (χ2n) is 3.65. The summed E-state index contributed by atoms with van der Waals surface area (Å²) >= 11 is 0. The number of carboxylic acids is 1. The molecule has 3 N–H and O–H groups in total. The first-order chi connectivity index (χ1) is 8.00. The van der Waals surface area contributed by atoms with Crippen LogP contribution in [0.1, 0.15) is 30.1 Å². The van der Waals surface area contributed by atoms with Gasteiger partial charge in [0.2, 0.25) is 0 Å². The van der Waals surface area contributed by atoms with E-state index >= 15 is 0 Å². The monoisotopic (exact) mass is 237 g/mol. The highest BCUT2D eigenvalue weighted by molar-refractivity contribution is 5.95. The molecule has 1 aromatic carbocycles. The topological polar surface area (TPSA) is 89.6 Å². The van der Waals surface area contributed by atoms with Crippen LogP contribution in [0.2, 0.25) is 0 Å². The van der Waals surface area contributed by atoms with E-state index in [1.54, 1.807) is 18.2 Å². The zero-order chi connectivity index (χ0) is 12.8. The van der Waals surface area contributed by atoms with Crippen molar-refractivity contribution in [2.75, 3.05) is 12.3 Å². The Balaban J connectivity index is 2.54. The van der Waals surface area contributed by atoms with Gasteiger partial charge in [-0.15, -0.1) is 0 Å². The van der Waals surface area contributed by atoms with Gasteiger partial charge in [0.05, 0.1) is 12.3 Å². The third-order valence-electron chi connectivity index (χ3n) is 2.21. The lowest BCUT2D eigenvalue weighted by atomic mass is 10.1. The van der Waals surface area contributed by atoms with Crippen molar-refractivity contribution in [2.24, 2.45) is 0 Å². The van der Waals surface area contributed by atoms with Gasteiger partial charge in [0.15, 0.2) is 5.78 Å². The van der Waals surface area contributed by atoms with Gasteiger partial charge < -0.3 is 15.6 Å². The van der Waals surface area contributed by atoms with E-state index in [0.29, 0.717) is 23.4 Å². The number of benzene rings is 1. The van der Waals surface area contributed by atoms with Crippen LogP contribution in [0.5, 0.6) is 5.75 Å². The van der Waals surface area contributed by atoms with Crippen LogP contribution in [0, 0.1) is 0 Å².